The minimum atomic E-state index is -0.675. The maximum absolute atomic E-state index is 12.4. The highest BCUT2D eigenvalue weighted by atomic mass is 16.5. The Labute approximate surface area is 157 Å². The molecule has 1 aromatic heterocycles. The molecular weight excluding hydrogens is 350 g/mol. The fraction of sp³-hybridized carbons (Fsp3) is 0.350. The predicted octanol–water partition coefficient (Wildman–Crippen LogP) is 2.80. The molecule has 7 heteroatoms. The van der Waals surface area contributed by atoms with Gasteiger partial charge in [-0.25, -0.2) is 4.79 Å². The minimum Gasteiger partial charge on any atom is -0.508 e. The van der Waals surface area contributed by atoms with Gasteiger partial charge in [-0.3, -0.25) is 9.59 Å². The molecule has 0 radical (unpaired) electrons. The van der Waals surface area contributed by atoms with E-state index in [0.717, 1.165) is 11.4 Å². The zero-order valence-electron chi connectivity index (χ0n) is 15.7. The second kappa shape index (κ2) is 9.02. The third kappa shape index (κ3) is 5.20. The summed E-state index contributed by atoms with van der Waals surface area (Å²) in [6.45, 7) is 3.89. The molecular formula is C20H23NO6. The molecule has 0 aliphatic carbocycles. The van der Waals surface area contributed by atoms with E-state index in [2.05, 4.69) is 4.74 Å². The van der Waals surface area contributed by atoms with Crippen molar-refractivity contribution >= 4 is 17.7 Å². The number of Topliss-reactive ketones (excluding diaryl/α,β-unsaturated/α-hetero) is 1. The summed E-state index contributed by atoms with van der Waals surface area (Å²) in [5, 5.41) is 9.40. The molecule has 2 rings (SSSR count). The summed E-state index contributed by atoms with van der Waals surface area (Å²) >= 11 is 0. The Kier molecular flexibility index (Phi) is 6.76. The van der Waals surface area contributed by atoms with Crippen molar-refractivity contribution < 1.29 is 29.0 Å². The first kappa shape index (κ1) is 20.2. The molecule has 0 fully saturated rings. The highest BCUT2D eigenvalue weighted by Gasteiger charge is 2.18. The zero-order chi connectivity index (χ0) is 20.0. The Balaban J connectivity index is 1.99. The van der Waals surface area contributed by atoms with Crippen molar-refractivity contribution in [3.8, 4) is 5.75 Å². The van der Waals surface area contributed by atoms with Gasteiger partial charge < -0.3 is 19.1 Å². The predicted molar refractivity (Wildman–Crippen MR) is 97.9 cm³/mol. The topological polar surface area (TPSA) is 94.8 Å². The number of hydrogen-bond acceptors (Lipinski definition) is 6. The van der Waals surface area contributed by atoms with Gasteiger partial charge in [-0.2, -0.15) is 0 Å². The van der Waals surface area contributed by atoms with Crippen LogP contribution in [0.15, 0.2) is 30.3 Å². The summed E-state index contributed by atoms with van der Waals surface area (Å²) in [6, 6.07) is 7.49. The van der Waals surface area contributed by atoms with Crippen LogP contribution >= 0.6 is 0 Å². The Morgan fingerprint density at radius 2 is 1.89 bits per heavy atom. The minimum absolute atomic E-state index is 0.0497. The second-order valence-corrected chi connectivity index (χ2v) is 6.17. The van der Waals surface area contributed by atoms with Gasteiger partial charge in [0.1, 0.15) is 5.75 Å². The monoisotopic (exact) mass is 373 g/mol. The number of aryl methyl sites for hydroxylation is 1. The second-order valence-electron chi connectivity index (χ2n) is 6.17. The average Bonchev–Trinajstić information content (AvgIpc) is 2.93. The van der Waals surface area contributed by atoms with E-state index >= 15 is 0 Å². The fourth-order valence-electron chi connectivity index (χ4n) is 2.84. The van der Waals surface area contributed by atoms with E-state index in [9.17, 15) is 19.5 Å². The molecule has 0 bridgehead atoms. The van der Waals surface area contributed by atoms with Gasteiger partial charge >= 0.3 is 11.9 Å². The molecule has 0 saturated heterocycles. The maximum Gasteiger partial charge on any atom is 0.338 e. The van der Waals surface area contributed by atoms with Crippen LogP contribution in [-0.4, -0.2) is 41.1 Å². The molecule has 1 heterocycles. The Bertz CT molecular complexity index is 852. The van der Waals surface area contributed by atoms with Crippen LogP contribution in [0.5, 0.6) is 5.75 Å². The molecule has 1 N–H and O–H groups in total. The quantitative estimate of drug-likeness (QED) is 0.565. The van der Waals surface area contributed by atoms with Crippen LogP contribution in [0, 0.1) is 13.8 Å². The maximum atomic E-state index is 12.4. The molecule has 2 aromatic rings. The van der Waals surface area contributed by atoms with Gasteiger partial charge in [0.25, 0.3) is 0 Å². The first-order valence-electron chi connectivity index (χ1n) is 8.56. The number of phenolic OH excluding ortho intramolecular Hbond substituents is 1. The number of esters is 2. The van der Waals surface area contributed by atoms with Crippen LogP contribution in [0.1, 0.15) is 44.9 Å². The van der Waals surface area contributed by atoms with Gasteiger partial charge in [0.05, 0.1) is 12.7 Å². The van der Waals surface area contributed by atoms with Gasteiger partial charge in [-0.1, -0.05) is 6.07 Å². The molecule has 0 unspecified atom stereocenters. The first-order chi connectivity index (χ1) is 12.8. The number of hydrogen-bond donors (Lipinski definition) is 1. The number of benzene rings is 1. The SMILES string of the molecule is COC(=O)CCCn1c(C)cc(C(=O)COC(=O)c2cccc(O)c2)c1C. The number of ether oxygens (including phenoxy) is 2. The van der Waals surface area contributed by atoms with Gasteiger partial charge in [-0.15, -0.1) is 0 Å². The molecule has 144 valence electrons. The van der Waals surface area contributed by atoms with E-state index in [0.29, 0.717) is 24.9 Å². The van der Waals surface area contributed by atoms with Crippen LogP contribution in [0.4, 0.5) is 0 Å². The Hall–Kier alpha value is -3.09. The zero-order valence-corrected chi connectivity index (χ0v) is 15.7. The van der Waals surface area contributed by atoms with E-state index in [1.54, 1.807) is 6.07 Å². The van der Waals surface area contributed by atoms with Crippen molar-refractivity contribution in [1.82, 2.24) is 4.57 Å². The molecule has 27 heavy (non-hydrogen) atoms. The number of aromatic hydroxyl groups is 1. The summed E-state index contributed by atoms with van der Waals surface area (Å²) in [7, 11) is 1.35. The molecule has 0 aliphatic heterocycles. The lowest BCUT2D eigenvalue weighted by Gasteiger charge is -2.09. The fourth-order valence-corrected chi connectivity index (χ4v) is 2.84. The number of phenols is 1. The number of carbonyl (C=O) groups is 3. The summed E-state index contributed by atoms with van der Waals surface area (Å²) in [5.41, 5.74) is 2.31. The van der Waals surface area contributed by atoms with Crippen molar-refractivity contribution in [3.05, 3.63) is 52.8 Å². The van der Waals surface area contributed by atoms with Gasteiger partial charge in [-0.05, 0) is 44.5 Å². The standard InChI is InChI=1S/C20H23NO6/c1-13-10-17(14(2)21(13)9-5-8-19(24)26-3)18(23)12-27-20(25)15-6-4-7-16(22)11-15/h4,6-7,10-11,22H,5,8-9,12H2,1-3H3. The van der Waals surface area contributed by atoms with E-state index in [1.807, 2.05) is 18.4 Å². The number of nitrogens with zero attached hydrogens (tertiary/aromatic N) is 1. The van der Waals surface area contributed by atoms with Crippen LogP contribution in [0.25, 0.3) is 0 Å². The number of methoxy groups -OCH3 is 1. The lowest BCUT2D eigenvalue weighted by molar-refractivity contribution is -0.140. The van der Waals surface area contributed by atoms with Crippen molar-refractivity contribution in [2.24, 2.45) is 0 Å². The number of aromatic nitrogens is 1. The van der Waals surface area contributed by atoms with Gasteiger partial charge in [0.2, 0.25) is 5.78 Å². The van der Waals surface area contributed by atoms with Crippen LogP contribution in [0.2, 0.25) is 0 Å². The Morgan fingerprint density at radius 1 is 1.15 bits per heavy atom. The number of ketones is 1. The van der Waals surface area contributed by atoms with Gasteiger partial charge in [0.15, 0.2) is 6.61 Å². The molecule has 0 amide bonds. The summed E-state index contributed by atoms with van der Waals surface area (Å²) in [4.78, 5) is 35.7. The van der Waals surface area contributed by atoms with Gasteiger partial charge in [0, 0.05) is 29.9 Å². The number of carbonyl (C=O) groups excluding carboxylic acids is 3. The Morgan fingerprint density at radius 3 is 2.56 bits per heavy atom. The largest absolute Gasteiger partial charge is 0.508 e. The van der Waals surface area contributed by atoms with Crippen molar-refractivity contribution in [1.29, 1.82) is 0 Å². The highest BCUT2D eigenvalue weighted by molar-refractivity contribution is 6.00. The van der Waals surface area contributed by atoms with Crippen molar-refractivity contribution in [3.63, 3.8) is 0 Å². The molecule has 0 atom stereocenters. The van der Waals surface area contributed by atoms with Crippen molar-refractivity contribution in [2.75, 3.05) is 13.7 Å². The van der Waals surface area contributed by atoms with E-state index in [-0.39, 0.29) is 29.7 Å². The average molecular weight is 373 g/mol. The van der Waals surface area contributed by atoms with Crippen LogP contribution < -0.4 is 0 Å². The summed E-state index contributed by atoms with van der Waals surface area (Å²) < 4.78 is 11.6. The van der Waals surface area contributed by atoms with E-state index < -0.39 is 5.97 Å². The molecule has 0 spiro atoms. The lowest BCUT2D eigenvalue weighted by Crippen LogP contribution is -2.15. The summed E-state index contributed by atoms with van der Waals surface area (Å²) in [6.07, 6.45) is 0.904. The van der Waals surface area contributed by atoms with E-state index in [4.69, 9.17) is 4.74 Å². The third-order valence-electron chi connectivity index (χ3n) is 4.28. The molecule has 7 nitrogen and oxygen atoms in total. The summed E-state index contributed by atoms with van der Waals surface area (Å²) in [5.74, 6) is -1.30. The lowest BCUT2D eigenvalue weighted by atomic mass is 10.1. The normalized spacial score (nSPS) is 10.5. The molecule has 0 aliphatic rings. The third-order valence-corrected chi connectivity index (χ3v) is 4.28. The molecule has 0 saturated carbocycles. The van der Waals surface area contributed by atoms with E-state index in [1.165, 1.54) is 31.4 Å². The first-order valence-corrected chi connectivity index (χ1v) is 8.56. The van der Waals surface area contributed by atoms with Crippen molar-refractivity contribution in [2.45, 2.75) is 33.2 Å². The van der Waals surface area contributed by atoms with Crippen LogP contribution in [0.3, 0.4) is 0 Å². The number of rotatable bonds is 8. The highest BCUT2D eigenvalue weighted by Crippen LogP contribution is 2.18. The van der Waals surface area contributed by atoms with Crippen LogP contribution in [-0.2, 0) is 20.8 Å². The smallest absolute Gasteiger partial charge is 0.338 e. The molecule has 1 aromatic carbocycles.